The predicted molar refractivity (Wildman–Crippen MR) is 64.6 cm³/mol. The van der Waals surface area contributed by atoms with Crippen LogP contribution in [0, 0.1) is 0 Å². The highest BCUT2D eigenvalue weighted by Gasteiger charge is 2.07. The van der Waals surface area contributed by atoms with Crippen molar-refractivity contribution in [1.29, 1.82) is 0 Å². The first-order valence-corrected chi connectivity index (χ1v) is 6.21. The first kappa shape index (κ1) is 12.0. The Morgan fingerprint density at radius 3 is 2.86 bits per heavy atom. The molecule has 0 saturated heterocycles. The fourth-order valence-electron chi connectivity index (χ4n) is 1.16. The molecule has 1 atom stereocenters. The SMILES string of the molecule is CC(N)c1cc(Br)ccc1SCCO. The Bertz CT molecular complexity index is 304. The molecule has 0 heterocycles. The van der Waals surface area contributed by atoms with E-state index in [4.69, 9.17) is 10.8 Å². The van der Waals surface area contributed by atoms with Crippen molar-refractivity contribution in [2.24, 2.45) is 5.73 Å². The highest BCUT2D eigenvalue weighted by atomic mass is 79.9. The van der Waals surface area contributed by atoms with Gasteiger partial charge < -0.3 is 10.8 Å². The molecule has 0 amide bonds. The Kier molecular flexibility index (Phi) is 4.95. The number of hydrogen-bond donors (Lipinski definition) is 2. The van der Waals surface area contributed by atoms with Gasteiger partial charge in [0.15, 0.2) is 0 Å². The molecular formula is C10H14BrNOS. The summed E-state index contributed by atoms with van der Waals surface area (Å²) in [7, 11) is 0. The second-order valence-corrected chi connectivity index (χ2v) is 5.10. The lowest BCUT2D eigenvalue weighted by molar-refractivity contribution is 0.322. The summed E-state index contributed by atoms with van der Waals surface area (Å²) in [5.41, 5.74) is 6.98. The number of halogens is 1. The Morgan fingerprint density at radius 2 is 2.29 bits per heavy atom. The number of thioether (sulfide) groups is 1. The molecule has 3 N–H and O–H groups in total. The summed E-state index contributed by atoms with van der Waals surface area (Å²) in [4.78, 5) is 1.15. The van der Waals surface area contributed by atoms with Crippen LogP contribution in [0.2, 0.25) is 0 Å². The molecular weight excluding hydrogens is 262 g/mol. The standard InChI is InChI=1S/C10H14BrNOS/c1-7(12)9-6-8(11)2-3-10(9)14-5-4-13/h2-3,6-7,13H,4-5,12H2,1H3. The molecule has 0 aliphatic heterocycles. The van der Waals surface area contributed by atoms with Crippen LogP contribution in [0.4, 0.5) is 0 Å². The number of benzene rings is 1. The molecule has 14 heavy (non-hydrogen) atoms. The third-order valence-electron chi connectivity index (χ3n) is 1.81. The molecule has 0 aliphatic rings. The molecule has 1 unspecified atom stereocenters. The summed E-state index contributed by atoms with van der Waals surface area (Å²) in [6.07, 6.45) is 0. The van der Waals surface area contributed by atoms with E-state index in [0.717, 1.165) is 14.9 Å². The molecule has 1 aromatic carbocycles. The number of aliphatic hydroxyl groups is 1. The van der Waals surface area contributed by atoms with E-state index in [1.165, 1.54) is 0 Å². The summed E-state index contributed by atoms with van der Waals surface area (Å²) >= 11 is 5.05. The fraction of sp³-hybridized carbons (Fsp3) is 0.400. The maximum absolute atomic E-state index is 8.75. The van der Waals surface area contributed by atoms with Crippen LogP contribution in [0.25, 0.3) is 0 Å². The van der Waals surface area contributed by atoms with E-state index < -0.39 is 0 Å². The zero-order valence-corrected chi connectivity index (χ0v) is 10.4. The minimum absolute atomic E-state index is 0.0219. The topological polar surface area (TPSA) is 46.2 Å². The van der Waals surface area contributed by atoms with Gasteiger partial charge in [-0.3, -0.25) is 0 Å². The van der Waals surface area contributed by atoms with E-state index in [1.54, 1.807) is 11.8 Å². The fourth-order valence-corrected chi connectivity index (χ4v) is 2.43. The second kappa shape index (κ2) is 5.75. The van der Waals surface area contributed by atoms with Gasteiger partial charge in [-0.15, -0.1) is 11.8 Å². The van der Waals surface area contributed by atoms with E-state index in [2.05, 4.69) is 15.9 Å². The van der Waals surface area contributed by atoms with E-state index in [0.29, 0.717) is 5.75 Å². The number of rotatable bonds is 4. The van der Waals surface area contributed by atoms with Crippen molar-refractivity contribution < 1.29 is 5.11 Å². The lowest BCUT2D eigenvalue weighted by Gasteiger charge is -2.12. The van der Waals surface area contributed by atoms with Crippen LogP contribution >= 0.6 is 27.7 Å². The zero-order valence-electron chi connectivity index (χ0n) is 8.03. The Balaban J connectivity index is 2.90. The average molecular weight is 276 g/mol. The first-order chi connectivity index (χ1) is 6.65. The van der Waals surface area contributed by atoms with Crippen molar-refractivity contribution in [3.8, 4) is 0 Å². The molecule has 0 saturated carbocycles. The monoisotopic (exact) mass is 275 g/mol. The molecule has 0 spiro atoms. The van der Waals surface area contributed by atoms with Crippen molar-refractivity contribution in [3.63, 3.8) is 0 Å². The minimum atomic E-state index is 0.0219. The van der Waals surface area contributed by atoms with Crippen LogP contribution < -0.4 is 5.73 Å². The predicted octanol–water partition coefficient (Wildman–Crippen LogP) is 2.55. The number of aliphatic hydroxyl groups excluding tert-OH is 1. The summed E-state index contributed by atoms with van der Waals surface area (Å²) in [5, 5.41) is 8.75. The van der Waals surface area contributed by atoms with Crippen LogP contribution in [0.15, 0.2) is 27.6 Å². The lowest BCUT2D eigenvalue weighted by atomic mass is 10.1. The van der Waals surface area contributed by atoms with Gasteiger partial charge in [-0.1, -0.05) is 15.9 Å². The van der Waals surface area contributed by atoms with Gasteiger partial charge >= 0.3 is 0 Å². The van der Waals surface area contributed by atoms with Gasteiger partial charge in [0.1, 0.15) is 0 Å². The third kappa shape index (κ3) is 3.28. The molecule has 0 aromatic heterocycles. The highest BCUT2D eigenvalue weighted by Crippen LogP contribution is 2.29. The normalized spacial score (nSPS) is 12.9. The van der Waals surface area contributed by atoms with Crippen molar-refractivity contribution in [3.05, 3.63) is 28.2 Å². The first-order valence-electron chi connectivity index (χ1n) is 4.44. The molecule has 2 nitrogen and oxygen atoms in total. The summed E-state index contributed by atoms with van der Waals surface area (Å²) < 4.78 is 1.04. The van der Waals surface area contributed by atoms with E-state index >= 15 is 0 Å². The van der Waals surface area contributed by atoms with Gasteiger partial charge in [0, 0.05) is 21.2 Å². The zero-order chi connectivity index (χ0) is 10.6. The van der Waals surface area contributed by atoms with E-state index in [9.17, 15) is 0 Å². The Morgan fingerprint density at radius 1 is 1.57 bits per heavy atom. The molecule has 0 bridgehead atoms. The van der Waals surface area contributed by atoms with Crippen molar-refractivity contribution in [2.45, 2.75) is 17.9 Å². The molecule has 1 aromatic rings. The molecule has 0 fully saturated rings. The number of hydrogen-bond acceptors (Lipinski definition) is 3. The van der Waals surface area contributed by atoms with Crippen LogP contribution in [-0.4, -0.2) is 17.5 Å². The second-order valence-electron chi connectivity index (χ2n) is 3.04. The van der Waals surface area contributed by atoms with Gasteiger partial charge in [-0.25, -0.2) is 0 Å². The van der Waals surface area contributed by atoms with E-state index in [-0.39, 0.29) is 12.6 Å². The van der Waals surface area contributed by atoms with Gasteiger partial charge in [-0.2, -0.15) is 0 Å². The number of nitrogens with two attached hydrogens (primary N) is 1. The van der Waals surface area contributed by atoms with Gasteiger partial charge in [0.25, 0.3) is 0 Å². The third-order valence-corrected chi connectivity index (χ3v) is 3.37. The lowest BCUT2D eigenvalue weighted by Crippen LogP contribution is -2.06. The minimum Gasteiger partial charge on any atom is -0.396 e. The van der Waals surface area contributed by atoms with Crippen LogP contribution in [0.5, 0.6) is 0 Å². The Labute approximate surface area is 97.0 Å². The molecule has 0 aliphatic carbocycles. The maximum atomic E-state index is 8.75. The van der Waals surface area contributed by atoms with E-state index in [1.807, 2.05) is 25.1 Å². The largest absolute Gasteiger partial charge is 0.396 e. The molecule has 78 valence electrons. The van der Waals surface area contributed by atoms with Crippen molar-refractivity contribution in [2.75, 3.05) is 12.4 Å². The van der Waals surface area contributed by atoms with Crippen LogP contribution in [0.1, 0.15) is 18.5 Å². The quantitative estimate of drug-likeness (QED) is 0.831. The molecule has 4 heteroatoms. The summed E-state index contributed by atoms with van der Waals surface area (Å²) in [6.45, 7) is 2.16. The van der Waals surface area contributed by atoms with Crippen molar-refractivity contribution in [1.82, 2.24) is 0 Å². The molecule has 1 rings (SSSR count). The van der Waals surface area contributed by atoms with Gasteiger partial charge in [0.2, 0.25) is 0 Å². The highest BCUT2D eigenvalue weighted by molar-refractivity contribution is 9.10. The van der Waals surface area contributed by atoms with Gasteiger partial charge in [-0.05, 0) is 30.7 Å². The van der Waals surface area contributed by atoms with Crippen LogP contribution in [0.3, 0.4) is 0 Å². The summed E-state index contributed by atoms with van der Waals surface area (Å²) in [5.74, 6) is 0.710. The van der Waals surface area contributed by atoms with Gasteiger partial charge in [0.05, 0.1) is 6.61 Å². The molecule has 0 radical (unpaired) electrons. The Hall–Kier alpha value is -0.0300. The smallest absolute Gasteiger partial charge is 0.0525 e. The summed E-state index contributed by atoms with van der Waals surface area (Å²) in [6, 6.07) is 6.08. The maximum Gasteiger partial charge on any atom is 0.0525 e. The van der Waals surface area contributed by atoms with Crippen LogP contribution in [-0.2, 0) is 0 Å². The average Bonchev–Trinajstić information content (AvgIpc) is 2.15. The van der Waals surface area contributed by atoms with Crippen molar-refractivity contribution >= 4 is 27.7 Å².